The molecule has 1 fully saturated rings. The van der Waals surface area contributed by atoms with E-state index in [9.17, 15) is 13.2 Å². The second-order valence-corrected chi connectivity index (χ2v) is 7.04. The fourth-order valence-electron chi connectivity index (χ4n) is 2.78. The molecule has 1 aromatic carbocycles. The van der Waals surface area contributed by atoms with Crippen LogP contribution in [-0.4, -0.2) is 46.1 Å². The van der Waals surface area contributed by atoms with Gasteiger partial charge in [0.15, 0.2) is 12.6 Å². The summed E-state index contributed by atoms with van der Waals surface area (Å²) in [5.74, 6) is 0.843. The normalized spacial score (nSPS) is 16.1. The second-order valence-electron chi connectivity index (χ2n) is 7.04. The minimum absolute atomic E-state index is 0.231. The zero-order valence-corrected chi connectivity index (χ0v) is 16.1. The fourth-order valence-corrected chi connectivity index (χ4v) is 2.78. The Morgan fingerprint density at radius 3 is 2.59 bits per heavy atom. The molecule has 0 aromatic heterocycles. The number of nitrogens with one attached hydrogen (secondary N) is 2. The van der Waals surface area contributed by atoms with Crippen LogP contribution in [0.2, 0.25) is 0 Å². The molecule has 0 heterocycles. The maximum Gasteiger partial charge on any atom is 0.422 e. The number of hydrogen-bond acceptors (Lipinski definition) is 3. The molecule has 0 spiro atoms. The van der Waals surface area contributed by atoms with Gasteiger partial charge in [-0.2, -0.15) is 13.2 Å². The fraction of sp³-hybridized carbons (Fsp3) is 0.632. The number of rotatable bonds is 9. The number of aliphatic imine (C=N–C) groups is 1. The summed E-state index contributed by atoms with van der Waals surface area (Å²) in [4.78, 5) is 4.19. The van der Waals surface area contributed by atoms with Crippen LogP contribution in [-0.2, 0) is 11.3 Å². The monoisotopic (exact) mass is 387 g/mol. The van der Waals surface area contributed by atoms with Crippen molar-refractivity contribution in [3.8, 4) is 5.75 Å². The molecule has 0 atom stereocenters. The number of ether oxygens (including phenoxy) is 2. The zero-order valence-electron chi connectivity index (χ0n) is 16.1. The van der Waals surface area contributed by atoms with E-state index in [4.69, 9.17) is 9.47 Å². The van der Waals surface area contributed by atoms with Gasteiger partial charge in [0.25, 0.3) is 0 Å². The van der Waals surface area contributed by atoms with Gasteiger partial charge in [0.1, 0.15) is 5.75 Å². The summed E-state index contributed by atoms with van der Waals surface area (Å²) >= 11 is 0. The van der Waals surface area contributed by atoms with Crippen molar-refractivity contribution in [1.82, 2.24) is 10.6 Å². The molecule has 1 aliphatic rings. The number of nitrogens with zero attached hydrogens (tertiary/aromatic N) is 1. The van der Waals surface area contributed by atoms with E-state index >= 15 is 0 Å². The van der Waals surface area contributed by atoms with Crippen LogP contribution in [0.1, 0.15) is 30.4 Å². The summed E-state index contributed by atoms with van der Waals surface area (Å²) in [6, 6.07) is 5.22. The molecule has 0 amide bonds. The SMILES string of the molecule is CN=C(NCc1ccc(C)cc1OCC(F)(F)F)NCC1(CCOC)CC1. The average Bonchev–Trinajstić information content (AvgIpc) is 3.39. The van der Waals surface area contributed by atoms with Crippen molar-refractivity contribution in [2.75, 3.05) is 33.9 Å². The highest BCUT2D eigenvalue weighted by atomic mass is 19.4. The van der Waals surface area contributed by atoms with Gasteiger partial charge in [-0.05, 0) is 43.2 Å². The van der Waals surface area contributed by atoms with Gasteiger partial charge in [-0.1, -0.05) is 12.1 Å². The highest BCUT2D eigenvalue weighted by Gasteiger charge is 2.41. The number of halogens is 3. The summed E-state index contributed by atoms with van der Waals surface area (Å²) in [6.45, 7) is 2.35. The van der Waals surface area contributed by atoms with E-state index in [1.54, 1.807) is 26.3 Å². The number of benzene rings is 1. The molecule has 5 nitrogen and oxygen atoms in total. The minimum Gasteiger partial charge on any atom is -0.484 e. The molecule has 1 aromatic rings. The Morgan fingerprint density at radius 2 is 2.00 bits per heavy atom. The van der Waals surface area contributed by atoms with Crippen molar-refractivity contribution in [3.63, 3.8) is 0 Å². The number of alkyl halides is 3. The van der Waals surface area contributed by atoms with Gasteiger partial charge in [-0.3, -0.25) is 4.99 Å². The molecule has 0 saturated heterocycles. The lowest BCUT2D eigenvalue weighted by Gasteiger charge is -2.19. The number of hydrogen-bond donors (Lipinski definition) is 2. The van der Waals surface area contributed by atoms with E-state index in [2.05, 4.69) is 15.6 Å². The first kappa shape index (κ1) is 21.3. The summed E-state index contributed by atoms with van der Waals surface area (Å²) in [7, 11) is 3.37. The molecule has 0 aliphatic heterocycles. The zero-order chi connectivity index (χ0) is 19.9. The van der Waals surface area contributed by atoms with Gasteiger partial charge in [-0.25, -0.2) is 0 Å². The Balaban J connectivity index is 1.90. The third kappa shape index (κ3) is 7.28. The van der Waals surface area contributed by atoms with Gasteiger partial charge in [0.05, 0.1) is 0 Å². The predicted molar refractivity (Wildman–Crippen MR) is 99.1 cm³/mol. The van der Waals surface area contributed by atoms with E-state index in [1.807, 2.05) is 13.0 Å². The molecule has 27 heavy (non-hydrogen) atoms. The molecule has 1 saturated carbocycles. The lowest BCUT2D eigenvalue weighted by molar-refractivity contribution is -0.153. The number of methoxy groups -OCH3 is 1. The Kier molecular flexibility index (Phi) is 7.35. The van der Waals surface area contributed by atoms with Crippen LogP contribution < -0.4 is 15.4 Å². The summed E-state index contributed by atoms with van der Waals surface area (Å²) in [5, 5.41) is 6.45. The first-order chi connectivity index (χ1) is 12.8. The predicted octanol–water partition coefficient (Wildman–Crippen LogP) is 3.42. The number of guanidine groups is 1. The first-order valence-corrected chi connectivity index (χ1v) is 8.99. The highest BCUT2D eigenvalue weighted by Crippen LogP contribution is 2.48. The molecule has 1 aliphatic carbocycles. The molecule has 8 heteroatoms. The average molecular weight is 387 g/mol. The Morgan fingerprint density at radius 1 is 1.26 bits per heavy atom. The maximum absolute atomic E-state index is 12.5. The molecule has 0 unspecified atom stereocenters. The third-order valence-electron chi connectivity index (χ3n) is 4.71. The van der Waals surface area contributed by atoms with E-state index in [1.165, 1.54) is 0 Å². The van der Waals surface area contributed by atoms with E-state index < -0.39 is 12.8 Å². The van der Waals surface area contributed by atoms with Gasteiger partial charge < -0.3 is 20.1 Å². The minimum atomic E-state index is -4.37. The molecule has 0 bridgehead atoms. The quantitative estimate of drug-likeness (QED) is 0.504. The van der Waals surface area contributed by atoms with Crippen molar-refractivity contribution >= 4 is 5.96 Å². The Hall–Kier alpha value is -1.96. The smallest absolute Gasteiger partial charge is 0.422 e. The molecular weight excluding hydrogens is 359 g/mol. The topological polar surface area (TPSA) is 54.9 Å². The lowest BCUT2D eigenvalue weighted by Crippen LogP contribution is -2.40. The van der Waals surface area contributed by atoms with Gasteiger partial charge in [-0.15, -0.1) is 0 Å². The van der Waals surface area contributed by atoms with Crippen LogP contribution in [0.3, 0.4) is 0 Å². The van der Waals surface area contributed by atoms with Crippen molar-refractivity contribution in [2.24, 2.45) is 10.4 Å². The summed E-state index contributed by atoms with van der Waals surface area (Å²) < 4.78 is 47.5. The van der Waals surface area contributed by atoms with Crippen LogP contribution in [0.5, 0.6) is 5.75 Å². The Labute approximate surface area is 158 Å². The van der Waals surface area contributed by atoms with Crippen LogP contribution in [0, 0.1) is 12.3 Å². The standard InChI is InChI=1S/C19H28F3N3O2/c1-14-4-5-15(16(10-14)27-13-19(20,21)22)11-24-17(23-2)25-12-18(6-7-18)8-9-26-3/h4-5,10H,6-9,11-13H2,1-3H3,(H2,23,24,25). The van der Waals surface area contributed by atoms with Crippen molar-refractivity contribution in [1.29, 1.82) is 0 Å². The first-order valence-electron chi connectivity index (χ1n) is 8.99. The lowest BCUT2D eigenvalue weighted by atomic mass is 10.0. The molecule has 2 rings (SSSR count). The van der Waals surface area contributed by atoms with Crippen molar-refractivity contribution < 1.29 is 22.6 Å². The van der Waals surface area contributed by atoms with Crippen LogP contribution in [0.25, 0.3) is 0 Å². The van der Waals surface area contributed by atoms with Crippen LogP contribution in [0.15, 0.2) is 23.2 Å². The van der Waals surface area contributed by atoms with Gasteiger partial charge in [0, 0.05) is 39.4 Å². The largest absolute Gasteiger partial charge is 0.484 e. The summed E-state index contributed by atoms with van der Waals surface area (Å²) in [6.07, 6.45) is -1.05. The number of aryl methyl sites for hydroxylation is 1. The molecule has 152 valence electrons. The van der Waals surface area contributed by atoms with E-state index in [-0.39, 0.29) is 11.2 Å². The Bertz CT molecular complexity index is 644. The van der Waals surface area contributed by atoms with Crippen molar-refractivity contribution in [3.05, 3.63) is 29.3 Å². The molecular formula is C19H28F3N3O2. The van der Waals surface area contributed by atoms with E-state index in [0.717, 1.165) is 38.0 Å². The third-order valence-corrected chi connectivity index (χ3v) is 4.71. The van der Waals surface area contributed by atoms with Gasteiger partial charge in [0.2, 0.25) is 0 Å². The second kappa shape index (κ2) is 9.30. The van der Waals surface area contributed by atoms with Gasteiger partial charge >= 0.3 is 6.18 Å². The van der Waals surface area contributed by atoms with Crippen molar-refractivity contribution in [2.45, 2.75) is 38.9 Å². The molecule has 0 radical (unpaired) electrons. The summed E-state index contributed by atoms with van der Waals surface area (Å²) in [5.41, 5.74) is 1.75. The highest BCUT2D eigenvalue weighted by molar-refractivity contribution is 5.79. The maximum atomic E-state index is 12.5. The van der Waals surface area contributed by atoms with Crippen LogP contribution >= 0.6 is 0 Å². The van der Waals surface area contributed by atoms with Crippen LogP contribution in [0.4, 0.5) is 13.2 Å². The molecule has 2 N–H and O–H groups in total. The van der Waals surface area contributed by atoms with E-state index in [0.29, 0.717) is 18.1 Å².